The van der Waals surface area contributed by atoms with Crippen LogP contribution in [0.2, 0.25) is 5.02 Å². The lowest BCUT2D eigenvalue weighted by Gasteiger charge is -2.24. The van der Waals surface area contributed by atoms with Crippen LogP contribution in [0.25, 0.3) is 0 Å². The molecule has 0 heterocycles. The maximum atomic E-state index is 13.3. The molecule has 1 amide bonds. The molecule has 0 unspecified atom stereocenters. The number of nitrogens with zero attached hydrogens (tertiary/aromatic N) is 2. The van der Waals surface area contributed by atoms with Gasteiger partial charge in [0.15, 0.2) is 11.5 Å². The smallest absolute Gasteiger partial charge is 0.264 e. The maximum absolute atomic E-state index is 13.3. The molecule has 0 aromatic heterocycles. The highest BCUT2D eigenvalue weighted by Crippen LogP contribution is 2.30. The Hall–Kier alpha value is -3.56. The number of carbonyl (C=O) groups excluding carboxylic acids is 1. The standard InChI is InChI=1S/C24H24ClN3O5S/c1-17-12-13-19(14-21(17)25)28(34(30,31)20-9-5-4-6-10-20)16-23(29)27-26-15-18-8-7-11-22(32-2)24(18)33-3/h4-15H,16H2,1-3H3,(H,27,29)/b26-15-. The number of benzene rings is 3. The second kappa shape index (κ2) is 11.0. The van der Waals surface area contributed by atoms with E-state index < -0.39 is 22.5 Å². The Kier molecular flexibility index (Phi) is 8.14. The molecule has 3 rings (SSSR count). The van der Waals surface area contributed by atoms with Crippen LogP contribution >= 0.6 is 11.6 Å². The van der Waals surface area contributed by atoms with Crippen molar-refractivity contribution < 1.29 is 22.7 Å². The van der Waals surface area contributed by atoms with Gasteiger partial charge in [-0.1, -0.05) is 41.9 Å². The Bertz CT molecular complexity index is 1300. The van der Waals surface area contributed by atoms with Crippen molar-refractivity contribution in [1.29, 1.82) is 0 Å². The van der Waals surface area contributed by atoms with Gasteiger partial charge in [-0.3, -0.25) is 9.10 Å². The minimum atomic E-state index is -4.05. The van der Waals surface area contributed by atoms with Gasteiger partial charge in [0.1, 0.15) is 6.54 Å². The third-order valence-corrected chi connectivity index (χ3v) is 7.08. The molecule has 3 aromatic rings. The largest absolute Gasteiger partial charge is 0.493 e. The number of methoxy groups -OCH3 is 2. The van der Waals surface area contributed by atoms with Crippen molar-refractivity contribution >= 4 is 39.4 Å². The summed E-state index contributed by atoms with van der Waals surface area (Å²) < 4.78 is 38.3. The summed E-state index contributed by atoms with van der Waals surface area (Å²) in [5, 5.41) is 4.33. The Morgan fingerprint density at radius 1 is 1.06 bits per heavy atom. The second-order valence-electron chi connectivity index (χ2n) is 7.13. The van der Waals surface area contributed by atoms with Gasteiger partial charge in [-0.2, -0.15) is 5.10 Å². The number of ether oxygens (including phenoxy) is 2. The highest BCUT2D eigenvalue weighted by atomic mass is 35.5. The van der Waals surface area contributed by atoms with Gasteiger partial charge < -0.3 is 9.47 Å². The lowest BCUT2D eigenvalue weighted by Crippen LogP contribution is -2.39. The van der Waals surface area contributed by atoms with Crippen LogP contribution in [0.3, 0.4) is 0 Å². The van der Waals surface area contributed by atoms with Crippen LogP contribution in [0.1, 0.15) is 11.1 Å². The first-order valence-electron chi connectivity index (χ1n) is 10.1. The number of nitrogens with one attached hydrogen (secondary N) is 1. The average molecular weight is 502 g/mol. The summed E-state index contributed by atoms with van der Waals surface area (Å²) in [6.07, 6.45) is 1.39. The minimum Gasteiger partial charge on any atom is -0.493 e. The molecular weight excluding hydrogens is 478 g/mol. The molecule has 1 N–H and O–H groups in total. The highest BCUT2D eigenvalue weighted by molar-refractivity contribution is 7.92. The number of carbonyl (C=O) groups is 1. The number of hydrazone groups is 1. The van der Waals surface area contributed by atoms with E-state index in [4.69, 9.17) is 21.1 Å². The fourth-order valence-electron chi connectivity index (χ4n) is 3.12. The summed E-state index contributed by atoms with van der Waals surface area (Å²) in [5.74, 6) is 0.314. The lowest BCUT2D eigenvalue weighted by atomic mass is 10.2. The number of halogens is 1. The molecule has 0 bridgehead atoms. The first-order valence-corrected chi connectivity index (χ1v) is 12.0. The fraction of sp³-hybridized carbons (Fsp3) is 0.167. The van der Waals surface area contributed by atoms with Crippen molar-refractivity contribution in [2.24, 2.45) is 5.10 Å². The molecule has 178 valence electrons. The van der Waals surface area contributed by atoms with Gasteiger partial charge in [0, 0.05) is 10.6 Å². The van der Waals surface area contributed by atoms with E-state index in [0.717, 1.165) is 9.87 Å². The Morgan fingerprint density at radius 3 is 2.44 bits per heavy atom. The maximum Gasteiger partial charge on any atom is 0.264 e. The molecule has 10 heteroatoms. The number of amides is 1. The zero-order valence-electron chi connectivity index (χ0n) is 18.9. The third kappa shape index (κ3) is 5.67. The Morgan fingerprint density at radius 2 is 1.79 bits per heavy atom. The summed E-state index contributed by atoms with van der Waals surface area (Å²) in [6, 6.07) is 17.9. The lowest BCUT2D eigenvalue weighted by molar-refractivity contribution is -0.119. The summed E-state index contributed by atoms with van der Waals surface area (Å²) in [4.78, 5) is 12.8. The molecule has 0 spiro atoms. The number of hydrogen-bond acceptors (Lipinski definition) is 6. The summed E-state index contributed by atoms with van der Waals surface area (Å²) in [5.41, 5.74) is 3.97. The van der Waals surface area contributed by atoms with Crippen molar-refractivity contribution in [2.45, 2.75) is 11.8 Å². The van der Waals surface area contributed by atoms with Crippen LogP contribution in [0.5, 0.6) is 11.5 Å². The molecule has 3 aromatic carbocycles. The number of rotatable bonds is 9. The van der Waals surface area contributed by atoms with Crippen LogP contribution < -0.4 is 19.2 Å². The Labute approximate surface area is 203 Å². The van der Waals surface area contributed by atoms with E-state index in [0.29, 0.717) is 22.1 Å². The highest BCUT2D eigenvalue weighted by Gasteiger charge is 2.27. The van der Waals surface area contributed by atoms with E-state index in [9.17, 15) is 13.2 Å². The molecule has 0 saturated carbocycles. The van der Waals surface area contributed by atoms with E-state index in [1.165, 1.54) is 38.6 Å². The van der Waals surface area contributed by atoms with Gasteiger partial charge in [0.2, 0.25) is 0 Å². The van der Waals surface area contributed by atoms with Crippen LogP contribution in [0, 0.1) is 6.92 Å². The van der Waals surface area contributed by atoms with E-state index in [1.807, 2.05) is 0 Å². The Balaban J connectivity index is 1.86. The van der Waals surface area contributed by atoms with Crippen molar-refractivity contribution in [3.8, 4) is 11.5 Å². The normalized spacial score (nSPS) is 11.3. The number of para-hydroxylation sites is 1. The summed E-state index contributed by atoms with van der Waals surface area (Å²) in [7, 11) is -1.04. The molecule has 0 radical (unpaired) electrons. The van der Waals surface area contributed by atoms with Crippen molar-refractivity contribution in [2.75, 3.05) is 25.1 Å². The van der Waals surface area contributed by atoms with E-state index in [-0.39, 0.29) is 10.6 Å². The average Bonchev–Trinajstić information content (AvgIpc) is 2.84. The first-order chi connectivity index (χ1) is 16.3. The van der Waals surface area contributed by atoms with Crippen LogP contribution in [0.15, 0.2) is 76.7 Å². The molecular formula is C24H24ClN3O5S. The minimum absolute atomic E-state index is 0.0455. The van der Waals surface area contributed by atoms with Gasteiger partial charge in [-0.05, 0) is 48.9 Å². The third-order valence-electron chi connectivity index (χ3n) is 4.89. The van der Waals surface area contributed by atoms with Crippen LogP contribution in [0.4, 0.5) is 5.69 Å². The van der Waals surface area contributed by atoms with E-state index in [1.54, 1.807) is 55.5 Å². The predicted molar refractivity (Wildman–Crippen MR) is 132 cm³/mol. The van der Waals surface area contributed by atoms with Crippen LogP contribution in [-0.2, 0) is 14.8 Å². The molecule has 0 aliphatic rings. The van der Waals surface area contributed by atoms with Crippen molar-refractivity contribution in [3.05, 3.63) is 82.9 Å². The van der Waals surface area contributed by atoms with Gasteiger partial charge in [-0.15, -0.1) is 0 Å². The number of hydrogen-bond donors (Lipinski definition) is 1. The van der Waals surface area contributed by atoms with E-state index in [2.05, 4.69) is 10.5 Å². The number of sulfonamides is 1. The second-order valence-corrected chi connectivity index (χ2v) is 9.40. The van der Waals surface area contributed by atoms with Crippen molar-refractivity contribution in [3.63, 3.8) is 0 Å². The quantitative estimate of drug-likeness (QED) is 0.353. The first kappa shape index (κ1) is 25.1. The fourth-order valence-corrected chi connectivity index (χ4v) is 4.73. The van der Waals surface area contributed by atoms with Crippen molar-refractivity contribution in [1.82, 2.24) is 5.43 Å². The zero-order chi connectivity index (χ0) is 24.7. The van der Waals surface area contributed by atoms with E-state index >= 15 is 0 Å². The van der Waals surface area contributed by atoms with Gasteiger partial charge in [-0.25, -0.2) is 13.8 Å². The molecule has 0 fully saturated rings. The summed E-state index contributed by atoms with van der Waals surface area (Å²) >= 11 is 6.23. The molecule has 0 aliphatic heterocycles. The van der Waals surface area contributed by atoms with Gasteiger partial charge in [0.25, 0.3) is 15.9 Å². The SMILES string of the molecule is COc1cccc(/C=N\NC(=O)CN(c2ccc(C)c(Cl)c2)S(=O)(=O)c2ccccc2)c1OC. The molecule has 0 aliphatic carbocycles. The van der Waals surface area contributed by atoms with Gasteiger partial charge in [0.05, 0.1) is 31.0 Å². The van der Waals surface area contributed by atoms with Gasteiger partial charge >= 0.3 is 0 Å². The number of anilines is 1. The molecule has 34 heavy (non-hydrogen) atoms. The topological polar surface area (TPSA) is 97.3 Å². The monoisotopic (exact) mass is 501 g/mol. The van der Waals surface area contributed by atoms with Crippen LogP contribution in [-0.4, -0.2) is 41.3 Å². The number of aryl methyl sites for hydroxylation is 1. The molecule has 0 atom stereocenters. The summed E-state index contributed by atoms with van der Waals surface area (Å²) in [6.45, 7) is 1.29. The molecule has 0 saturated heterocycles. The predicted octanol–water partition coefficient (Wildman–Crippen LogP) is 4.01. The molecule has 8 nitrogen and oxygen atoms in total. The zero-order valence-corrected chi connectivity index (χ0v) is 20.4.